The lowest BCUT2D eigenvalue weighted by molar-refractivity contribution is 1.32. The van der Waals surface area contributed by atoms with E-state index in [1.165, 1.54) is 21.6 Å². The number of aromatic nitrogens is 2. The van der Waals surface area contributed by atoms with E-state index in [1.54, 1.807) is 23.7 Å². The van der Waals surface area contributed by atoms with E-state index in [1.807, 2.05) is 24.4 Å². The van der Waals surface area contributed by atoms with Gasteiger partial charge in [-0.25, -0.2) is 4.98 Å². The number of halogens is 1. The van der Waals surface area contributed by atoms with Crippen LogP contribution in [-0.4, -0.2) is 9.97 Å². The van der Waals surface area contributed by atoms with E-state index >= 15 is 0 Å². The molecule has 4 rings (SSSR count). The first-order valence-corrected chi connectivity index (χ1v) is 8.24. The van der Waals surface area contributed by atoms with Crippen molar-refractivity contribution in [2.75, 3.05) is 0 Å². The fraction of sp³-hybridized carbons (Fsp3) is 0. The molecule has 0 aliphatic carbocycles. The van der Waals surface area contributed by atoms with Gasteiger partial charge in [0.25, 0.3) is 0 Å². The number of benzene rings is 2. The van der Waals surface area contributed by atoms with E-state index in [9.17, 15) is 0 Å². The Hall–Kier alpha value is -2.30. The van der Waals surface area contributed by atoms with Crippen LogP contribution in [0.1, 0.15) is 0 Å². The lowest BCUT2D eigenvalue weighted by Crippen LogP contribution is -1.77. The number of thiazole rings is 1. The highest BCUT2D eigenvalue weighted by Gasteiger charge is 2.06. The normalized spacial score (nSPS) is 10.2. The van der Waals surface area contributed by atoms with Crippen molar-refractivity contribution in [2.24, 2.45) is 0 Å². The van der Waals surface area contributed by atoms with Gasteiger partial charge in [0.15, 0.2) is 0 Å². The minimum Gasteiger partial charge on any atom is -0.265 e. The summed E-state index contributed by atoms with van der Waals surface area (Å²) in [6, 6.07) is 23.0. The Morgan fingerprint density at radius 2 is 1.25 bits per heavy atom. The quantitative estimate of drug-likeness (QED) is 0.418. The molecule has 0 saturated carbocycles. The second kappa shape index (κ2) is 7.51. The Balaban J connectivity index is 0.00000169. The Morgan fingerprint density at radius 1 is 0.625 bits per heavy atom. The predicted octanol–water partition coefficient (Wildman–Crippen LogP) is 6.12. The molecular weight excluding hydrogens is 380 g/mol. The van der Waals surface area contributed by atoms with Crippen LogP contribution < -0.4 is 0 Å². The lowest BCUT2D eigenvalue weighted by atomic mass is 10.0. The van der Waals surface area contributed by atoms with E-state index in [2.05, 4.69) is 58.5 Å². The monoisotopic (exact) mass is 394 g/mol. The first-order chi connectivity index (χ1) is 11.4. The minimum absolute atomic E-state index is 0. The molecule has 24 heavy (non-hydrogen) atoms. The highest BCUT2D eigenvalue weighted by Crippen LogP contribution is 2.32. The van der Waals surface area contributed by atoms with Gasteiger partial charge in [0, 0.05) is 24.2 Å². The zero-order valence-electron chi connectivity index (χ0n) is 12.8. The number of hydrogen-bond donors (Lipinski definition) is 0. The van der Waals surface area contributed by atoms with E-state index in [-0.39, 0.29) is 17.0 Å². The average Bonchev–Trinajstić information content (AvgIpc) is 3.14. The molecule has 118 valence electrons. The molecule has 2 aromatic heterocycles. The van der Waals surface area contributed by atoms with Gasteiger partial charge in [0.05, 0.1) is 4.88 Å². The number of pyridine rings is 1. The van der Waals surface area contributed by atoms with Crippen LogP contribution in [0.3, 0.4) is 0 Å². The van der Waals surface area contributed by atoms with Gasteiger partial charge in [0.2, 0.25) is 0 Å². The second-order valence-corrected chi connectivity index (χ2v) is 6.24. The van der Waals surface area contributed by atoms with Crippen molar-refractivity contribution in [1.29, 1.82) is 0 Å². The predicted molar refractivity (Wildman–Crippen MR) is 107 cm³/mol. The molecule has 0 fully saturated rings. The summed E-state index contributed by atoms with van der Waals surface area (Å²) in [7, 11) is 0. The van der Waals surface area contributed by atoms with Crippen molar-refractivity contribution in [3.8, 4) is 32.1 Å². The Morgan fingerprint density at radius 3 is 1.96 bits per heavy atom. The third kappa shape index (κ3) is 3.45. The van der Waals surface area contributed by atoms with Crippen LogP contribution in [0.4, 0.5) is 0 Å². The van der Waals surface area contributed by atoms with Crippen molar-refractivity contribution >= 4 is 28.3 Å². The molecule has 0 aliphatic rings. The standard InChI is InChI=1S/C20H14N2S.BrH/c1-2-4-15(5-3-1)16-6-8-17(9-7-16)19-14-22-20(23-19)18-10-12-21-13-11-18;/h1-14H;1H. The highest BCUT2D eigenvalue weighted by molar-refractivity contribution is 8.93. The first kappa shape index (κ1) is 16.6. The lowest BCUT2D eigenvalue weighted by Gasteiger charge is -2.02. The molecule has 0 bridgehead atoms. The first-order valence-electron chi connectivity index (χ1n) is 7.42. The summed E-state index contributed by atoms with van der Waals surface area (Å²) in [5, 5.41) is 1.02. The maximum atomic E-state index is 4.53. The van der Waals surface area contributed by atoms with Gasteiger partial charge >= 0.3 is 0 Å². The van der Waals surface area contributed by atoms with Crippen LogP contribution in [0.15, 0.2) is 85.3 Å². The van der Waals surface area contributed by atoms with Crippen molar-refractivity contribution in [3.63, 3.8) is 0 Å². The summed E-state index contributed by atoms with van der Waals surface area (Å²) in [4.78, 5) is 9.76. The van der Waals surface area contributed by atoms with Gasteiger partial charge in [-0.05, 0) is 28.8 Å². The van der Waals surface area contributed by atoms with Crippen molar-refractivity contribution in [1.82, 2.24) is 9.97 Å². The van der Waals surface area contributed by atoms with E-state index in [0.29, 0.717) is 0 Å². The number of nitrogens with zero attached hydrogens (tertiary/aromatic N) is 2. The molecule has 0 saturated heterocycles. The molecule has 4 heteroatoms. The highest BCUT2D eigenvalue weighted by atomic mass is 79.9. The van der Waals surface area contributed by atoms with Crippen LogP contribution in [-0.2, 0) is 0 Å². The van der Waals surface area contributed by atoms with Crippen LogP contribution in [0.5, 0.6) is 0 Å². The van der Waals surface area contributed by atoms with Gasteiger partial charge in [-0.2, -0.15) is 0 Å². The van der Waals surface area contributed by atoms with Crippen molar-refractivity contribution < 1.29 is 0 Å². The molecule has 4 aromatic rings. The third-order valence-corrected chi connectivity index (χ3v) is 4.80. The van der Waals surface area contributed by atoms with E-state index in [0.717, 1.165) is 10.6 Å². The van der Waals surface area contributed by atoms with Crippen LogP contribution >= 0.6 is 28.3 Å². The Bertz CT molecular complexity index is 903. The molecule has 2 heterocycles. The summed E-state index contributed by atoms with van der Waals surface area (Å²) in [5.74, 6) is 0. The Labute approximate surface area is 155 Å². The summed E-state index contributed by atoms with van der Waals surface area (Å²) in [5.41, 5.74) is 4.77. The molecule has 0 N–H and O–H groups in total. The SMILES string of the molecule is Br.c1ccc(-c2ccc(-c3cnc(-c4ccncc4)s3)cc2)cc1. The molecule has 0 spiro atoms. The van der Waals surface area contributed by atoms with Gasteiger partial charge in [-0.15, -0.1) is 28.3 Å². The number of hydrogen-bond acceptors (Lipinski definition) is 3. The summed E-state index contributed by atoms with van der Waals surface area (Å²) >= 11 is 1.70. The summed E-state index contributed by atoms with van der Waals surface area (Å²) in [6.07, 6.45) is 5.54. The third-order valence-electron chi connectivity index (χ3n) is 3.71. The van der Waals surface area contributed by atoms with E-state index in [4.69, 9.17) is 0 Å². The van der Waals surface area contributed by atoms with Gasteiger partial charge in [0.1, 0.15) is 5.01 Å². The van der Waals surface area contributed by atoms with Crippen LogP contribution in [0.2, 0.25) is 0 Å². The fourth-order valence-electron chi connectivity index (χ4n) is 2.49. The van der Waals surface area contributed by atoms with E-state index < -0.39 is 0 Å². The topological polar surface area (TPSA) is 25.8 Å². The summed E-state index contributed by atoms with van der Waals surface area (Å²) in [6.45, 7) is 0. The maximum absolute atomic E-state index is 4.53. The molecule has 0 amide bonds. The van der Waals surface area contributed by atoms with Gasteiger partial charge < -0.3 is 0 Å². The van der Waals surface area contributed by atoms with Crippen LogP contribution in [0, 0.1) is 0 Å². The Kier molecular flexibility index (Phi) is 5.18. The molecule has 0 aliphatic heterocycles. The second-order valence-electron chi connectivity index (χ2n) is 5.21. The zero-order chi connectivity index (χ0) is 15.5. The molecule has 0 unspecified atom stereocenters. The van der Waals surface area contributed by atoms with Crippen molar-refractivity contribution in [2.45, 2.75) is 0 Å². The molecule has 2 nitrogen and oxygen atoms in total. The average molecular weight is 395 g/mol. The minimum atomic E-state index is 0. The van der Waals surface area contributed by atoms with Gasteiger partial charge in [-0.1, -0.05) is 54.6 Å². The zero-order valence-corrected chi connectivity index (χ0v) is 15.3. The maximum Gasteiger partial charge on any atom is 0.123 e. The summed E-state index contributed by atoms with van der Waals surface area (Å²) < 4.78 is 0. The van der Waals surface area contributed by atoms with Gasteiger partial charge in [-0.3, -0.25) is 4.98 Å². The molecule has 0 atom stereocenters. The smallest absolute Gasteiger partial charge is 0.123 e. The largest absolute Gasteiger partial charge is 0.265 e. The molecule has 0 radical (unpaired) electrons. The van der Waals surface area contributed by atoms with Crippen molar-refractivity contribution in [3.05, 3.63) is 85.3 Å². The molecule has 2 aromatic carbocycles. The van der Waals surface area contributed by atoms with Crippen LogP contribution in [0.25, 0.3) is 32.1 Å². The molecular formula is C20H15BrN2S. The number of rotatable bonds is 3. The fourth-order valence-corrected chi connectivity index (χ4v) is 3.42.